The van der Waals surface area contributed by atoms with Crippen LogP contribution in [0.25, 0.3) is 10.9 Å². The van der Waals surface area contributed by atoms with E-state index in [-0.39, 0.29) is 24.1 Å². The lowest BCUT2D eigenvalue weighted by Crippen LogP contribution is -2.40. The highest BCUT2D eigenvalue weighted by Gasteiger charge is 2.20. The number of carbonyl (C=O) groups is 3. The van der Waals surface area contributed by atoms with Gasteiger partial charge in [-0.1, -0.05) is 47.5 Å². The van der Waals surface area contributed by atoms with Crippen LogP contribution < -0.4 is 20.3 Å². The summed E-state index contributed by atoms with van der Waals surface area (Å²) in [6, 6.07) is 18.9. The zero-order valence-corrected chi connectivity index (χ0v) is 27.4. The van der Waals surface area contributed by atoms with Crippen molar-refractivity contribution < 1.29 is 19.1 Å². The Labute approximate surface area is 272 Å². The molecule has 1 heterocycles. The molecule has 0 saturated carbocycles. The number of benzene rings is 3. The number of hydrogen-bond donors (Lipinski definition) is 2. The van der Waals surface area contributed by atoms with Crippen LogP contribution in [0.3, 0.4) is 0 Å². The van der Waals surface area contributed by atoms with Gasteiger partial charge in [-0.3, -0.25) is 9.59 Å². The molecule has 0 aliphatic carbocycles. The van der Waals surface area contributed by atoms with Gasteiger partial charge < -0.3 is 30.1 Å². The molecule has 0 atom stereocenters. The summed E-state index contributed by atoms with van der Waals surface area (Å²) in [7, 11) is 7.16. The fourth-order valence-electron chi connectivity index (χ4n) is 4.45. The van der Waals surface area contributed by atoms with Crippen molar-refractivity contribution in [2.75, 3.05) is 58.0 Å². The smallest absolute Gasteiger partial charge is 0.319 e. The molecule has 2 N–H and O–H groups in total. The molecule has 0 radical (unpaired) electrons. The van der Waals surface area contributed by atoms with Gasteiger partial charge in [0.1, 0.15) is 17.9 Å². The van der Waals surface area contributed by atoms with Gasteiger partial charge >= 0.3 is 6.03 Å². The molecule has 4 amide bonds. The number of urea groups is 1. The number of amides is 4. The van der Waals surface area contributed by atoms with Crippen LogP contribution in [0.2, 0.25) is 10.0 Å². The fraction of sp³-hybridized carbons (Fsp3) is 0.273. The third kappa shape index (κ3) is 8.63. The predicted molar refractivity (Wildman–Crippen MR) is 180 cm³/mol. The Hall–Kier alpha value is -4.38. The first-order chi connectivity index (χ1) is 21.4. The van der Waals surface area contributed by atoms with Crippen LogP contribution in [0.1, 0.15) is 21.6 Å². The van der Waals surface area contributed by atoms with Crippen LogP contribution in [0.5, 0.6) is 5.75 Å². The van der Waals surface area contributed by atoms with E-state index < -0.39 is 11.9 Å². The van der Waals surface area contributed by atoms with Gasteiger partial charge in [-0.05, 0) is 63.5 Å². The molecule has 0 spiro atoms. The zero-order chi connectivity index (χ0) is 32.7. The lowest BCUT2D eigenvalue weighted by atomic mass is 10.1. The highest BCUT2D eigenvalue weighted by atomic mass is 35.5. The quantitative estimate of drug-likeness (QED) is 0.211. The van der Waals surface area contributed by atoms with Gasteiger partial charge in [0.15, 0.2) is 0 Å². The molecule has 0 aliphatic rings. The Morgan fingerprint density at radius 3 is 2.42 bits per heavy atom. The van der Waals surface area contributed by atoms with Crippen molar-refractivity contribution in [3.8, 4) is 5.75 Å². The molecule has 3 aromatic carbocycles. The van der Waals surface area contributed by atoms with Crippen LogP contribution in [-0.2, 0) is 11.4 Å². The maximum atomic E-state index is 13.0. The van der Waals surface area contributed by atoms with Gasteiger partial charge in [0, 0.05) is 60.1 Å². The monoisotopic (exact) mass is 650 g/mol. The summed E-state index contributed by atoms with van der Waals surface area (Å²) in [4.78, 5) is 48.0. The Bertz CT molecular complexity index is 1710. The second-order valence-electron chi connectivity index (χ2n) is 10.8. The highest BCUT2D eigenvalue weighted by molar-refractivity contribution is 6.38. The number of pyridine rings is 1. The summed E-state index contributed by atoms with van der Waals surface area (Å²) in [5.74, 6) is 0.00671. The molecule has 10 nitrogen and oxygen atoms in total. The number of likely N-dealkylation sites (N-methyl/N-ethyl adjacent to an activating group) is 3. The summed E-state index contributed by atoms with van der Waals surface area (Å²) in [5, 5.41) is 6.81. The highest BCUT2D eigenvalue weighted by Crippen LogP contribution is 2.35. The number of anilines is 2. The van der Waals surface area contributed by atoms with Crippen LogP contribution in [-0.4, -0.2) is 80.5 Å². The number of ether oxygens (including phenoxy) is 1. The normalized spacial score (nSPS) is 10.9. The third-order valence-electron chi connectivity index (χ3n) is 7.09. The Morgan fingerprint density at radius 1 is 0.911 bits per heavy atom. The average Bonchev–Trinajstić information content (AvgIpc) is 3.02. The molecule has 0 fully saturated rings. The van der Waals surface area contributed by atoms with E-state index in [4.69, 9.17) is 27.9 Å². The molecule has 45 heavy (non-hydrogen) atoms. The van der Waals surface area contributed by atoms with Crippen LogP contribution in [0.15, 0.2) is 66.7 Å². The van der Waals surface area contributed by atoms with Gasteiger partial charge in [-0.2, -0.15) is 0 Å². The Kier molecular flexibility index (Phi) is 11.2. The molecular weight excluding hydrogens is 615 g/mol. The van der Waals surface area contributed by atoms with Crippen molar-refractivity contribution in [2.24, 2.45) is 0 Å². The molecule has 236 valence electrons. The lowest BCUT2D eigenvalue weighted by molar-refractivity contribution is -0.117. The molecule has 0 saturated heterocycles. The standard InChI is InChI=1S/C33H36Cl2N6O4/c1-21-12-13-22-8-7-11-28(31(22)37-21)45-20-25-26(34)14-15-27(30(25)35)41(5)29(42)19-36-33(44)38-24-10-6-9-23(18-24)32(43)40(4)17-16-39(2)3/h6-15,18H,16-17,19-20H2,1-5H3,(H2,36,38,44). The van der Waals surface area contributed by atoms with Crippen LogP contribution >= 0.6 is 23.2 Å². The molecule has 0 bridgehead atoms. The number of nitrogens with zero attached hydrogens (tertiary/aromatic N) is 4. The maximum Gasteiger partial charge on any atom is 0.319 e. The minimum Gasteiger partial charge on any atom is -0.487 e. The number of aryl methyl sites for hydroxylation is 1. The first kappa shape index (κ1) is 33.5. The van der Waals surface area contributed by atoms with E-state index in [9.17, 15) is 14.4 Å². The molecule has 12 heteroatoms. The molecular formula is C33H36Cl2N6O4. The first-order valence-electron chi connectivity index (χ1n) is 14.2. The van der Waals surface area contributed by atoms with Crippen molar-refractivity contribution in [3.05, 3.63) is 93.6 Å². The van der Waals surface area contributed by atoms with Crippen LogP contribution in [0.4, 0.5) is 16.2 Å². The third-order valence-corrected chi connectivity index (χ3v) is 7.87. The number of fused-ring (bicyclic) bond motifs is 1. The summed E-state index contributed by atoms with van der Waals surface area (Å²) >= 11 is 13.2. The SMILES string of the molecule is Cc1ccc2cccc(OCc3c(Cl)ccc(N(C)C(=O)CNC(=O)Nc4cccc(C(=O)N(C)CCN(C)C)c4)c3Cl)c2n1. The molecule has 0 unspecified atom stereocenters. The van der Waals surface area contributed by atoms with Crippen molar-refractivity contribution >= 4 is 63.3 Å². The minimum atomic E-state index is -0.600. The van der Waals surface area contributed by atoms with Gasteiger partial charge in [0.05, 0.1) is 17.3 Å². The maximum absolute atomic E-state index is 13.0. The van der Waals surface area contributed by atoms with Crippen LogP contribution in [0, 0.1) is 6.92 Å². The summed E-state index contributed by atoms with van der Waals surface area (Å²) in [6.45, 7) is 2.94. The number of aromatic nitrogens is 1. The van der Waals surface area contributed by atoms with E-state index in [1.165, 1.54) is 4.90 Å². The largest absolute Gasteiger partial charge is 0.487 e. The fourth-order valence-corrected chi connectivity index (χ4v) is 5.05. The van der Waals surface area contributed by atoms with E-state index in [0.29, 0.717) is 39.8 Å². The van der Waals surface area contributed by atoms with Gasteiger partial charge in [-0.25, -0.2) is 9.78 Å². The number of nitrogens with one attached hydrogen (secondary N) is 2. The Balaban J connectivity index is 1.37. The number of hydrogen-bond acceptors (Lipinski definition) is 6. The number of halogens is 2. The average molecular weight is 652 g/mol. The number of carbonyl (C=O) groups excluding carboxylic acids is 3. The summed E-state index contributed by atoms with van der Waals surface area (Å²) < 4.78 is 6.08. The second-order valence-corrected chi connectivity index (χ2v) is 11.6. The van der Waals surface area contributed by atoms with E-state index in [1.807, 2.05) is 56.3 Å². The lowest BCUT2D eigenvalue weighted by Gasteiger charge is -2.21. The molecule has 4 aromatic rings. The number of para-hydroxylation sites is 1. The minimum absolute atomic E-state index is 0.0515. The van der Waals surface area contributed by atoms with E-state index in [0.717, 1.165) is 23.1 Å². The summed E-state index contributed by atoms with van der Waals surface area (Å²) in [6.07, 6.45) is 0. The topological polar surface area (TPSA) is 107 Å². The first-order valence-corrected chi connectivity index (χ1v) is 15.0. The van der Waals surface area contributed by atoms with E-state index >= 15 is 0 Å². The molecule has 1 aromatic heterocycles. The second kappa shape index (κ2) is 15.1. The van der Waals surface area contributed by atoms with E-state index in [2.05, 4.69) is 15.6 Å². The molecule has 0 aliphatic heterocycles. The zero-order valence-electron chi connectivity index (χ0n) is 25.9. The van der Waals surface area contributed by atoms with Crippen molar-refractivity contribution in [2.45, 2.75) is 13.5 Å². The van der Waals surface area contributed by atoms with Crippen molar-refractivity contribution in [1.29, 1.82) is 0 Å². The van der Waals surface area contributed by atoms with Gasteiger partial charge in [-0.15, -0.1) is 0 Å². The number of rotatable bonds is 11. The van der Waals surface area contributed by atoms with Gasteiger partial charge in [0.2, 0.25) is 5.91 Å². The predicted octanol–water partition coefficient (Wildman–Crippen LogP) is 5.85. The van der Waals surface area contributed by atoms with Gasteiger partial charge in [0.25, 0.3) is 5.91 Å². The summed E-state index contributed by atoms with van der Waals surface area (Å²) in [5.41, 5.74) is 3.36. The molecule has 4 rings (SSSR count). The van der Waals surface area contributed by atoms with E-state index in [1.54, 1.807) is 55.4 Å². The van der Waals surface area contributed by atoms with Crippen molar-refractivity contribution in [3.63, 3.8) is 0 Å². The Morgan fingerprint density at radius 2 is 1.67 bits per heavy atom. The van der Waals surface area contributed by atoms with Crippen molar-refractivity contribution in [1.82, 2.24) is 20.1 Å².